The Morgan fingerprint density at radius 3 is 2.75 bits per heavy atom. The van der Waals surface area contributed by atoms with E-state index in [1.165, 1.54) is 0 Å². The van der Waals surface area contributed by atoms with Crippen molar-refractivity contribution in [1.82, 2.24) is 0 Å². The fourth-order valence-electron chi connectivity index (χ4n) is 1.79. The van der Waals surface area contributed by atoms with E-state index < -0.39 is 0 Å². The molecule has 1 aromatic carbocycles. The molecule has 3 heteroatoms. The van der Waals surface area contributed by atoms with Gasteiger partial charge in [-0.05, 0) is 43.0 Å². The van der Waals surface area contributed by atoms with Gasteiger partial charge in [0.1, 0.15) is 0 Å². The zero-order valence-electron chi connectivity index (χ0n) is 12.5. The number of aliphatic hydroxyl groups excluding tert-OH is 1. The number of nitrogens with one attached hydrogen (secondary N) is 1. The van der Waals surface area contributed by atoms with Crippen LogP contribution in [0.4, 0.5) is 5.69 Å². The number of aliphatic hydroxyl groups is 1. The van der Waals surface area contributed by atoms with Crippen LogP contribution in [0.3, 0.4) is 0 Å². The van der Waals surface area contributed by atoms with Gasteiger partial charge in [0.2, 0.25) is 5.91 Å². The maximum atomic E-state index is 11.8. The Labute approximate surface area is 121 Å². The van der Waals surface area contributed by atoms with Crippen molar-refractivity contribution in [2.24, 2.45) is 5.92 Å². The third-order valence-corrected chi connectivity index (χ3v) is 2.78. The fourth-order valence-corrected chi connectivity index (χ4v) is 1.79. The smallest absolute Gasteiger partial charge is 0.224 e. The van der Waals surface area contributed by atoms with Crippen molar-refractivity contribution in [3.63, 3.8) is 0 Å². The van der Waals surface area contributed by atoms with Gasteiger partial charge in [-0.25, -0.2) is 0 Å². The van der Waals surface area contributed by atoms with Crippen LogP contribution in [-0.4, -0.2) is 17.6 Å². The molecule has 1 rings (SSSR count). The van der Waals surface area contributed by atoms with Crippen LogP contribution >= 0.6 is 0 Å². The molecule has 2 N–H and O–H groups in total. The van der Waals surface area contributed by atoms with Gasteiger partial charge >= 0.3 is 0 Å². The summed E-state index contributed by atoms with van der Waals surface area (Å²) in [5.41, 5.74) is 2.70. The molecule has 0 aliphatic carbocycles. The van der Waals surface area contributed by atoms with Crippen LogP contribution in [-0.2, 0) is 4.79 Å². The molecule has 0 fully saturated rings. The predicted octanol–water partition coefficient (Wildman–Crippen LogP) is 3.10. The number of carbonyl (C=O) groups excluding carboxylic acids is 1. The van der Waals surface area contributed by atoms with Gasteiger partial charge in [-0.2, -0.15) is 0 Å². The van der Waals surface area contributed by atoms with Crippen LogP contribution in [0.15, 0.2) is 18.2 Å². The second-order valence-corrected chi connectivity index (χ2v) is 5.34. The Kier molecular flexibility index (Phi) is 6.83. The molecule has 0 heterocycles. The lowest BCUT2D eigenvalue weighted by molar-refractivity contribution is -0.116. The lowest BCUT2D eigenvalue weighted by Crippen LogP contribution is -2.12. The van der Waals surface area contributed by atoms with E-state index in [-0.39, 0.29) is 12.5 Å². The Hall–Kier alpha value is -1.79. The van der Waals surface area contributed by atoms with Crippen molar-refractivity contribution in [2.45, 2.75) is 40.0 Å². The zero-order valence-corrected chi connectivity index (χ0v) is 12.5. The highest BCUT2D eigenvalue weighted by Crippen LogP contribution is 2.15. The molecule has 0 aliphatic heterocycles. The number of amides is 1. The van der Waals surface area contributed by atoms with Crippen LogP contribution in [0, 0.1) is 24.7 Å². The molecular formula is C17H23NO2. The van der Waals surface area contributed by atoms with E-state index in [9.17, 15) is 4.79 Å². The molecule has 3 nitrogen and oxygen atoms in total. The summed E-state index contributed by atoms with van der Waals surface area (Å²) in [4.78, 5) is 11.8. The number of anilines is 1. The molecule has 0 radical (unpaired) electrons. The van der Waals surface area contributed by atoms with E-state index in [1.54, 1.807) is 0 Å². The van der Waals surface area contributed by atoms with Crippen LogP contribution in [0.1, 0.15) is 44.2 Å². The summed E-state index contributed by atoms with van der Waals surface area (Å²) in [7, 11) is 0. The number of hydrogen-bond acceptors (Lipinski definition) is 2. The van der Waals surface area contributed by atoms with E-state index in [0.29, 0.717) is 18.8 Å². The molecular weight excluding hydrogens is 250 g/mol. The lowest BCUT2D eigenvalue weighted by atomic mass is 10.1. The molecule has 0 saturated carbocycles. The molecule has 0 unspecified atom stereocenters. The fraction of sp³-hybridized carbons (Fsp3) is 0.471. The Bertz CT molecular complexity index is 509. The number of benzene rings is 1. The van der Waals surface area contributed by atoms with Crippen molar-refractivity contribution in [2.75, 3.05) is 11.9 Å². The summed E-state index contributed by atoms with van der Waals surface area (Å²) in [6, 6.07) is 5.77. The van der Waals surface area contributed by atoms with E-state index in [0.717, 1.165) is 23.2 Å². The molecule has 1 amide bonds. The van der Waals surface area contributed by atoms with Gasteiger partial charge < -0.3 is 10.4 Å². The third kappa shape index (κ3) is 6.40. The molecule has 0 aromatic heterocycles. The minimum Gasteiger partial charge on any atom is -0.395 e. The molecule has 108 valence electrons. The standard InChI is InChI=1S/C17H23NO2/c1-13(2)7-8-17(20)18-16-11-14(3)10-15(12-16)6-4-5-9-19/h10-13,19H,5,7-9H2,1-3H3,(H,18,20). The molecule has 0 bridgehead atoms. The van der Waals surface area contributed by atoms with Crippen molar-refractivity contribution in [3.05, 3.63) is 29.3 Å². The Morgan fingerprint density at radius 2 is 2.10 bits per heavy atom. The summed E-state index contributed by atoms with van der Waals surface area (Å²) in [6.45, 7) is 6.25. The number of aryl methyl sites for hydroxylation is 1. The summed E-state index contributed by atoms with van der Waals surface area (Å²) in [6.07, 6.45) is 1.89. The maximum Gasteiger partial charge on any atom is 0.224 e. The summed E-state index contributed by atoms with van der Waals surface area (Å²) in [5, 5.41) is 11.6. The molecule has 0 atom stereocenters. The first-order valence-corrected chi connectivity index (χ1v) is 7.02. The minimum atomic E-state index is 0.0403. The van der Waals surface area contributed by atoms with Gasteiger partial charge in [0.05, 0.1) is 6.61 Å². The number of carbonyl (C=O) groups is 1. The Balaban J connectivity index is 2.71. The van der Waals surface area contributed by atoms with E-state index in [2.05, 4.69) is 31.0 Å². The predicted molar refractivity (Wildman–Crippen MR) is 82.5 cm³/mol. The van der Waals surface area contributed by atoms with Crippen LogP contribution in [0.25, 0.3) is 0 Å². The second kappa shape index (κ2) is 8.39. The largest absolute Gasteiger partial charge is 0.395 e. The first-order chi connectivity index (χ1) is 9.51. The summed E-state index contributed by atoms with van der Waals surface area (Å²) >= 11 is 0. The quantitative estimate of drug-likeness (QED) is 0.810. The summed E-state index contributed by atoms with van der Waals surface area (Å²) < 4.78 is 0. The molecule has 1 aromatic rings. The normalized spacial score (nSPS) is 10.1. The van der Waals surface area contributed by atoms with Gasteiger partial charge in [0.25, 0.3) is 0 Å². The minimum absolute atomic E-state index is 0.0403. The van der Waals surface area contributed by atoms with Crippen LogP contribution < -0.4 is 5.32 Å². The third-order valence-electron chi connectivity index (χ3n) is 2.78. The maximum absolute atomic E-state index is 11.8. The van der Waals surface area contributed by atoms with E-state index >= 15 is 0 Å². The van der Waals surface area contributed by atoms with Gasteiger partial charge in [0, 0.05) is 24.1 Å². The molecule has 0 saturated heterocycles. The van der Waals surface area contributed by atoms with Gasteiger partial charge in [-0.1, -0.05) is 25.7 Å². The topological polar surface area (TPSA) is 49.3 Å². The number of hydrogen-bond donors (Lipinski definition) is 2. The van der Waals surface area contributed by atoms with Gasteiger partial charge in [-0.15, -0.1) is 0 Å². The summed E-state index contributed by atoms with van der Waals surface area (Å²) in [5.74, 6) is 6.44. The van der Waals surface area contributed by atoms with Crippen molar-refractivity contribution >= 4 is 11.6 Å². The first-order valence-electron chi connectivity index (χ1n) is 7.02. The highest BCUT2D eigenvalue weighted by Gasteiger charge is 2.05. The van der Waals surface area contributed by atoms with Crippen molar-refractivity contribution in [3.8, 4) is 11.8 Å². The van der Waals surface area contributed by atoms with Gasteiger partial charge in [0.15, 0.2) is 0 Å². The second-order valence-electron chi connectivity index (χ2n) is 5.34. The first kappa shape index (κ1) is 16.3. The zero-order chi connectivity index (χ0) is 15.0. The lowest BCUT2D eigenvalue weighted by Gasteiger charge is -2.08. The molecule has 0 aliphatic rings. The highest BCUT2D eigenvalue weighted by molar-refractivity contribution is 5.91. The molecule has 0 spiro atoms. The molecule has 20 heavy (non-hydrogen) atoms. The average Bonchev–Trinajstić information content (AvgIpc) is 2.36. The van der Waals surface area contributed by atoms with E-state index in [1.807, 2.05) is 25.1 Å². The SMILES string of the molecule is Cc1cc(C#CCCO)cc(NC(=O)CCC(C)C)c1. The van der Waals surface area contributed by atoms with Crippen LogP contribution in [0.2, 0.25) is 0 Å². The van der Waals surface area contributed by atoms with Crippen molar-refractivity contribution < 1.29 is 9.90 Å². The number of rotatable bonds is 5. The van der Waals surface area contributed by atoms with Gasteiger partial charge in [-0.3, -0.25) is 4.79 Å². The Morgan fingerprint density at radius 1 is 1.35 bits per heavy atom. The monoisotopic (exact) mass is 273 g/mol. The van der Waals surface area contributed by atoms with Crippen LogP contribution in [0.5, 0.6) is 0 Å². The average molecular weight is 273 g/mol. The van der Waals surface area contributed by atoms with E-state index in [4.69, 9.17) is 5.11 Å². The highest BCUT2D eigenvalue weighted by atomic mass is 16.2. The van der Waals surface area contributed by atoms with Crippen molar-refractivity contribution in [1.29, 1.82) is 0 Å².